The van der Waals surface area contributed by atoms with Crippen molar-refractivity contribution >= 4 is 5.69 Å². The Morgan fingerprint density at radius 2 is 1.95 bits per heavy atom. The van der Waals surface area contributed by atoms with Crippen LogP contribution in [-0.2, 0) is 6.54 Å². The van der Waals surface area contributed by atoms with E-state index in [9.17, 15) is 0 Å². The van der Waals surface area contributed by atoms with Crippen LogP contribution in [0.4, 0.5) is 5.69 Å². The molecule has 1 aromatic carbocycles. The molecule has 0 saturated carbocycles. The molecule has 0 saturated heterocycles. The van der Waals surface area contributed by atoms with Gasteiger partial charge in [0.1, 0.15) is 0 Å². The molecule has 0 spiro atoms. The van der Waals surface area contributed by atoms with Crippen molar-refractivity contribution in [2.75, 3.05) is 18.0 Å². The van der Waals surface area contributed by atoms with Crippen molar-refractivity contribution in [3.05, 3.63) is 29.3 Å². The summed E-state index contributed by atoms with van der Waals surface area (Å²) in [5.41, 5.74) is 4.16. The van der Waals surface area contributed by atoms with E-state index < -0.39 is 0 Å². The maximum atomic E-state index is 3.49. The SMILES string of the molecule is CCCCN(CC)c1ccc(CNC(C)C)c(C)c1. The molecule has 0 atom stereocenters. The lowest BCUT2D eigenvalue weighted by atomic mass is 10.1. The lowest BCUT2D eigenvalue weighted by Crippen LogP contribution is -2.24. The first-order valence-electron chi connectivity index (χ1n) is 7.66. The molecule has 0 bridgehead atoms. The highest BCUT2D eigenvalue weighted by Crippen LogP contribution is 2.19. The van der Waals surface area contributed by atoms with E-state index in [1.165, 1.54) is 29.7 Å². The van der Waals surface area contributed by atoms with Gasteiger partial charge in [0.05, 0.1) is 0 Å². The zero-order chi connectivity index (χ0) is 14.3. The van der Waals surface area contributed by atoms with Crippen molar-refractivity contribution in [1.29, 1.82) is 0 Å². The summed E-state index contributed by atoms with van der Waals surface area (Å²) in [5, 5.41) is 3.49. The largest absolute Gasteiger partial charge is 0.372 e. The number of aryl methyl sites for hydroxylation is 1. The second-order valence-electron chi connectivity index (χ2n) is 5.58. The molecule has 1 rings (SSSR count). The minimum Gasteiger partial charge on any atom is -0.372 e. The van der Waals surface area contributed by atoms with Crippen molar-refractivity contribution in [3.8, 4) is 0 Å². The summed E-state index contributed by atoms with van der Waals surface area (Å²) >= 11 is 0. The average molecular weight is 262 g/mol. The number of hydrogen-bond donors (Lipinski definition) is 1. The maximum Gasteiger partial charge on any atom is 0.0368 e. The standard InChI is InChI=1S/C17H30N2/c1-6-8-11-19(7-2)17-10-9-16(15(5)12-17)13-18-14(3)4/h9-10,12,14,18H,6-8,11,13H2,1-5H3. The predicted octanol–water partition coefficient (Wildman–Crippen LogP) is 4.12. The van der Waals surface area contributed by atoms with Crippen molar-refractivity contribution < 1.29 is 0 Å². The molecule has 19 heavy (non-hydrogen) atoms. The van der Waals surface area contributed by atoms with Crippen LogP contribution in [0.1, 0.15) is 51.7 Å². The zero-order valence-electron chi connectivity index (χ0n) is 13.3. The van der Waals surface area contributed by atoms with Crippen molar-refractivity contribution in [2.24, 2.45) is 0 Å². The van der Waals surface area contributed by atoms with E-state index in [4.69, 9.17) is 0 Å². The topological polar surface area (TPSA) is 15.3 Å². The van der Waals surface area contributed by atoms with E-state index in [0.717, 1.165) is 19.6 Å². The van der Waals surface area contributed by atoms with Crippen LogP contribution in [0.5, 0.6) is 0 Å². The first-order chi connectivity index (χ1) is 9.08. The van der Waals surface area contributed by atoms with Crippen LogP contribution in [0, 0.1) is 6.92 Å². The van der Waals surface area contributed by atoms with Crippen molar-refractivity contribution in [1.82, 2.24) is 5.32 Å². The summed E-state index contributed by atoms with van der Waals surface area (Å²) in [6.07, 6.45) is 2.52. The highest BCUT2D eigenvalue weighted by atomic mass is 15.1. The first kappa shape index (κ1) is 16.0. The Labute approximate surface area is 119 Å². The molecule has 0 aliphatic carbocycles. The van der Waals surface area contributed by atoms with Crippen LogP contribution in [-0.4, -0.2) is 19.1 Å². The first-order valence-corrected chi connectivity index (χ1v) is 7.66. The number of nitrogens with zero attached hydrogens (tertiary/aromatic N) is 1. The number of benzene rings is 1. The Kier molecular flexibility index (Phi) is 6.93. The lowest BCUT2D eigenvalue weighted by molar-refractivity contribution is 0.587. The highest BCUT2D eigenvalue weighted by Gasteiger charge is 2.06. The molecule has 0 fully saturated rings. The Bertz CT molecular complexity index is 372. The van der Waals surface area contributed by atoms with E-state index in [2.05, 4.69) is 63.0 Å². The van der Waals surface area contributed by atoms with Gasteiger partial charge in [0.2, 0.25) is 0 Å². The van der Waals surface area contributed by atoms with Crippen LogP contribution < -0.4 is 10.2 Å². The number of hydrogen-bond acceptors (Lipinski definition) is 2. The fraction of sp³-hybridized carbons (Fsp3) is 0.647. The van der Waals surface area contributed by atoms with Gasteiger partial charge in [-0.3, -0.25) is 0 Å². The van der Waals surface area contributed by atoms with Crippen LogP contribution in [0.3, 0.4) is 0 Å². The zero-order valence-corrected chi connectivity index (χ0v) is 13.3. The predicted molar refractivity (Wildman–Crippen MR) is 85.9 cm³/mol. The van der Waals surface area contributed by atoms with Gasteiger partial charge in [-0.15, -0.1) is 0 Å². The Morgan fingerprint density at radius 3 is 2.47 bits per heavy atom. The molecular formula is C17H30N2. The van der Waals surface area contributed by atoms with Gasteiger partial charge < -0.3 is 10.2 Å². The second kappa shape index (κ2) is 8.21. The van der Waals surface area contributed by atoms with E-state index in [0.29, 0.717) is 6.04 Å². The molecule has 108 valence electrons. The minimum atomic E-state index is 0.538. The third-order valence-electron chi connectivity index (χ3n) is 3.56. The average Bonchev–Trinajstić information content (AvgIpc) is 2.38. The molecule has 0 unspecified atom stereocenters. The molecule has 2 heteroatoms. The molecule has 0 aliphatic rings. The third-order valence-corrected chi connectivity index (χ3v) is 3.56. The molecule has 0 aliphatic heterocycles. The molecule has 0 aromatic heterocycles. The van der Waals surface area contributed by atoms with Gasteiger partial charge in [-0.1, -0.05) is 33.3 Å². The van der Waals surface area contributed by atoms with Crippen LogP contribution in [0.15, 0.2) is 18.2 Å². The maximum absolute atomic E-state index is 3.49. The Hall–Kier alpha value is -1.02. The van der Waals surface area contributed by atoms with Crippen LogP contribution in [0.25, 0.3) is 0 Å². The lowest BCUT2D eigenvalue weighted by Gasteiger charge is -2.24. The number of unbranched alkanes of at least 4 members (excludes halogenated alkanes) is 1. The Morgan fingerprint density at radius 1 is 1.21 bits per heavy atom. The van der Waals surface area contributed by atoms with E-state index >= 15 is 0 Å². The summed E-state index contributed by atoms with van der Waals surface area (Å²) in [6.45, 7) is 14.3. The molecule has 0 amide bonds. The van der Waals surface area contributed by atoms with Crippen LogP contribution in [0.2, 0.25) is 0 Å². The minimum absolute atomic E-state index is 0.538. The van der Waals surface area contributed by atoms with E-state index in [1.807, 2.05) is 0 Å². The highest BCUT2D eigenvalue weighted by molar-refractivity contribution is 5.50. The van der Waals surface area contributed by atoms with Gasteiger partial charge in [-0.25, -0.2) is 0 Å². The van der Waals surface area contributed by atoms with Gasteiger partial charge >= 0.3 is 0 Å². The molecule has 0 radical (unpaired) electrons. The summed E-state index contributed by atoms with van der Waals surface area (Å²) in [7, 11) is 0. The van der Waals surface area contributed by atoms with Gasteiger partial charge in [0, 0.05) is 31.4 Å². The molecular weight excluding hydrogens is 232 g/mol. The normalized spacial score (nSPS) is 11.1. The molecule has 2 nitrogen and oxygen atoms in total. The number of rotatable bonds is 8. The second-order valence-corrected chi connectivity index (χ2v) is 5.58. The summed E-state index contributed by atoms with van der Waals surface area (Å²) in [5.74, 6) is 0. The third kappa shape index (κ3) is 5.23. The monoisotopic (exact) mass is 262 g/mol. The van der Waals surface area contributed by atoms with Gasteiger partial charge in [-0.05, 0) is 43.5 Å². The number of nitrogens with one attached hydrogen (secondary N) is 1. The Balaban J connectivity index is 2.73. The summed E-state index contributed by atoms with van der Waals surface area (Å²) < 4.78 is 0. The summed E-state index contributed by atoms with van der Waals surface area (Å²) in [4.78, 5) is 2.47. The summed E-state index contributed by atoms with van der Waals surface area (Å²) in [6, 6.07) is 7.41. The fourth-order valence-electron chi connectivity index (χ4n) is 2.21. The number of anilines is 1. The molecule has 1 aromatic rings. The smallest absolute Gasteiger partial charge is 0.0368 e. The fourth-order valence-corrected chi connectivity index (χ4v) is 2.21. The van der Waals surface area contributed by atoms with E-state index in [1.54, 1.807) is 0 Å². The van der Waals surface area contributed by atoms with E-state index in [-0.39, 0.29) is 0 Å². The van der Waals surface area contributed by atoms with Crippen molar-refractivity contribution in [2.45, 2.75) is 60.0 Å². The van der Waals surface area contributed by atoms with Crippen LogP contribution >= 0.6 is 0 Å². The van der Waals surface area contributed by atoms with Gasteiger partial charge in [0.15, 0.2) is 0 Å². The molecule has 1 N–H and O–H groups in total. The molecule has 0 heterocycles. The van der Waals surface area contributed by atoms with Crippen molar-refractivity contribution in [3.63, 3.8) is 0 Å². The van der Waals surface area contributed by atoms with Gasteiger partial charge in [0.25, 0.3) is 0 Å². The quantitative estimate of drug-likeness (QED) is 0.758. The van der Waals surface area contributed by atoms with Gasteiger partial charge in [-0.2, -0.15) is 0 Å².